The molecule has 0 aliphatic carbocycles. The summed E-state index contributed by atoms with van der Waals surface area (Å²) in [4.78, 5) is 10.7. The molecule has 0 spiro atoms. The van der Waals surface area contributed by atoms with E-state index in [4.69, 9.17) is 21.1 Å². The summed E-state index contributed by atoms with van der Waals surface area (Å²) in [6, 6.07) is 11.6. The Bertz CT molecular complexity index is 713. The highest BCUT2D eigenvalue weighted by Gasteiger charge is 2.07. The Morgan fingerprint density at radius 3 is 2.67 bits per heavy atom. The predicted molar refractivity (Wildman–Crippen MR) is 120 cm³/mol. The first kappa shape index (κ1) is 23.5. The summed E-state index contributed by atoms with van der Waals surface area (Å²) in [5.41, 5.74) is 2.17. The number of benzene rings is 1. The molecule has 0 saturated carbocycles. The van der Waals surface area contributed by atoms with Crippen LogP contribution in [0.5, 0.6) is 5.88 Å². The van der Waals surface area contributed by atoms with Crippen LogP contribution in [0.15, 0.2) is 47.6 Å². The Hall–Kier alpha value is -1.58. The van der Waals surface area contributed by atoms with Gasteiger partial charge in [0.2, 0.25) is 5.88 Å². The Labute approximate surface area is 183 Å². The minimum atomic E-state index is 0. The number of rotatable bonds is 8. The molecular formula is C19H26ClIN4O2. The number of ether oxygens (including phenoxy) is 2. The van der Waals surface area contributed by atoms with Crippen LogP contribution in [0.4, 0.5) is 0 Å². The van der Waals surface area contributed by atoms with Crippen molar-refractivity contribution in [2.24, 2.45) is 4.99 Å². The van der Waals surface area contributed by atoms with Gasteiger partial charge in [0.15, 0.2) is 5.96 Å². The van der Waals surface area contributed by atoms with E-state index in [-0.39, 0.29) is 24.0 Å². The maximum absolute atomic E-state index is 6.05. The van der Waals surface area contributed by atoms with Crippen LogP contribution in [0.1, 0.15) is 11.1 Å². The average Bonchev–Trinajstić information content (AvgIpc) is 2.63. The topological polar surface area (TPSA) is 59.0 Å². The summed E-state index contributed by atoms with van der Waals surface area (Å²) in [5.74, 6) is 1.39. The molecule has 6 nitrogen and oxygen atoms in total. The third-order valence-electron chi connectivity index (χ3n) is 3.67. The number of hydrogen-bond donors (Lipinski definition) is 1. The number of guanidine groups is 1. The summed E-state index contributed by atoms with van der Waals surface area (Å²) in [5, 5.41) is 4.07. The van der Waals surface area contributed by atoms with Crippen molar-refractivity contribution in [3.05, 3.63) is 58.7 Å². The minimum absolute atomic E-state index is 0. The lowest BCUT2D eigenvalue weighted by molar-refractivity contribution is 0.143. The van der Waals surface area contributed by atoms with Crippen molar-refractivity contribution in [2.75, 3.05) is 34.4 Å². The predicted octanol–water partition coefficient (Wildman–Crippen LogP) is 3.59. The van der Waals surface area contributed by atoms with E-state index in [1.807, 2.05) is 48.3 Å². The highest BCUT2D eigenvalue weighted by atomic mass is 127. The molecule has 2 aromatic rings. The molecule has 1 N–H and O–H groups in total. The van der Waals surface area contributed by atoms with Crippen molar-refractivity contribution >= 4 is 41.5 Å². The van der Waals surface area contributed by atoms with Crippen molar-refractivity contribution < 1.29 is 9.47 Å². The molecule has 1 heterocycles. The normalized spacial score (nSPS) is 10.9. The van der Waals surface area contributed by atoms with Gasteiger partial charge in [-0.1, -0.05) is 29.8 Å². The largest absolute Gasteiger partial charge is 0.475 e. The molecule has 148 valence electrons. The van der Waals surface area contributed by atoms with E-state index >= 15 is 0 Å². The van der Waals surface area contributed by atoms with Crippen molar-refractivity contribution in [3.63, 3.8) is 0 Å². The Balaban J connectivity index is 0.00000364. The lowest BCUT2D eigenvalue weighted by Gasteiger charge is -2.22. The molecule has 8 heteroatoms. The Morgan fingerprint density at radius 2 is 2.04 bits per heavy atom. The van der Waals surface area contributed by atoms with E-state index in [0.717, 1.165) is 22.1 Å². The zero-order valence-electron chi connectivity index (χ0n) is 15.8. The maximum atomic E-state index is 6.05. The van der Waals surface area contributed by atoms with E-state index in [1.165, 1.54) is 0 Å². The van der Waals surface area contributed by atoms with Crippen LogP contribution in [-0.2, 0) is 17.8 Å². The van der Waals surface area contributed by atoms with Gasteiger partial charge in [0.05, 0.1) is 6.61 Å². The lowest BCUT2D eigenvalue weighted by Crippen LogP contribution is -2.38. The van der Waals surface area contributed by atoms with Gasteiger partial charge in [-0.15, -0.1) is 24.0 Å². The Kier molecular flexibility index (Phi) is 11.1. The number of hydrogen-bond acceptors (Lipinski definition) is 4. The van der Waals surface area contributed by atoms with E-state index in [2.05, 4.69) is 15.3 Å². The van der Waals surface area contributed by atoms with Crippen molar-refractivity contribution in [1.82, 2.24) is 15.2 Å². The fraction of sp³-hybridized carbons (Fsp3) is 0.368. The molecule has 0 fully saturated rings. The van der Waals surface area contributed by atoms with Crippen LogP contribution in [0.2, 0.25) is 5.02 Å². The van der Waals surface area contributed by atoms with E-state index in [1.54, 1.807) is 20.4 Å². The molecule has 0 radical (unpaired) electrons. The van der Waals surface area contributed by atoms with Crippen LogP contribution in [0.25, 0.3) is 0 Å². The molecule has 0 bridgehead atoms. The summed E-state index contributed by atoms with van der Waals surface area (Å²) in [7, 11) is 5.39. The third-order valence-corrected chi connectivity index (χ3v) is 3.90. The van der Waals surface area contributed by atoms with Crippen LogP contribution in [-0.4, -0.2) is 50.3 Å². The number of nitrogens with zero attached hydrogens (tertiary/aromatic N) is 3. The summed E-state index contributed by atoms with van der Waals surface area (Å²) in [6.45, 7) is 2.37. The number of halogens is 2. The maximum Gasteiger partial charge on any atom is 0.213 e. The van der Waals surface area contributed by atoms with Gasteiger partial charge in [-0.2, -0.15) is 0 Å². The summed E-state index contributed by atoms with van der Waals surface area (Å²) < 4.78 is 10.4. The van der Waals surface area contributed by atoms with Crippen molar-refractivity contribution in [1.29, 1.82) is 0 Å². The van der Waals surface area contributed by atoms with Crippen LogP contribution >= 0.6 is 35.6 Å². The summed E-state index contributed by atoms with van der Waals surface area (Å²) in [6.07, 6.45) is 1.79. The zero-order valence-corrected chi connectivity index (χ0v) is 18.9. The second kappa shape index (κ2) is 12.7. The SMILES string of the molecule is CN=C(NCc1ccc(OCCOC)nc1)N(C)Cc1cccc(Cl)c1.I. The highest BCUT2D eigenvalue weighted by Crippen LogP contribution is 2.12. The highest BCUT2D eigenvalue weighted by molar-refractivity contribution is 14.0. The molecule has 0 amide bonds. The van der Waals surface area contributed by atoms with Gasteiger partial charge in [0.1, 0.15) is 6.61 Å². The second-order valence-corrected chi connectivity index (χ2v) is 6.17. The summed E-state index contributed by atoms with van der Waals surface area (Å²) >= 11 is 6.05. The fourth-order valence-corrected chi connectivity index (χ4v) is 2.59. The minimum Gasteiger partial charge on any atom is -0.475 e. The molecule has 0 aliphatic rings. The number of methoxy groups -OCH3 is 1. The second-order valence-electron chi connectivity index (χ2n) is 5.73. The smallest absolute Gasteiger partial charge is 0.213 e. The fourth-order valence-electron chi connectivity index (χ4n) is 2.38. The molecule has 27 heavy (non-hydrogen) atoms. The first-order chi connectivity index (χ1) is 12.6. The average molecular weight is 505 g/mol. The number of nitrogens with one attached hydrogen (secondary N) is 1. The van der Waals surface area contributed by atoms with Crippen LogP contribution < -0.4 is 10.1 Å². The van der Waals surface area contributed by atoms with Crippen molar-refractivity contribution in [3.8, 4) is 5.88 Å². The van der Waals surface area contributed by atoms with Gasteiger partial charge in [-0.3, -0.25) is 4.99 Å². The number of aromatic nitrogens is 1. The van der Waals surface area contributed by atoms with Gasteiger partial charge in [-0.25, -0.2) is 4.98 Å². The third kappa shape index (κ3) is 8.32. The van der Waals surface area contributed by atoms with E-state index in [9.17, 15) is 0 Å². The molecule has 1 aromatic heterocycles. The molecular weight excluding hydrogens is 479 g/mol. The van der Waals surface area contributed by atoms with E-state index in [0.29, 0.717) is 32.2 Å². The first-order valence-electron chi connectivity index (χ1n) is 8.35. The van der Waals surface area contributed by atoms with Crippen molar-refractivity contribution in [2.45, 2.75) is 13.1 Å². The number of aliphatic imine (C=N–C) groups is 1. The van der Waals surface area contributed by atoms with E-state index < -0.39 is 0 Å². The lowest BCUT2D eigenvalue weighted by atomic mass is 10.2. The number of pyridine rings is 1. The molecule has 2 rings (SSSR count). The molecule has 1 aromatic carbocycles. The van der Waals surface area contributed by atoms with Gasteiger partial charge >= 0.3 is 0 Å². The quantitative estimate of drug-likeness (QED) is 0.258. The molecule has 0 atom stereocenters. The Morgan fingerprint density at radius 1 is 1.22 bits per heavy atom. The monoisotopic (exact) mass is 504 g/mol. The molecule has 0 unspecified atom stereocenters. The molecule has 0 aliphatic heterocycles. The van der Waals surface area contributed by atoms with Gasteiger partial charge in [-0.05, 0) is 23.3 Å². The molecule has 0 saturated heterocycles. The van der Waals surface area contributed by atoms with Crippen LogP contribution in [0, 0.1) is 0 Å². The van der Waals surface area contributed by atoms with Gasteiger partial charge < -0.3 is 19.7 Å². The first-order valence-corrected chi connectivity index (χ1v) is 8.73. The zero-order chi connectivity index (χ0) is 18.8. The van der Waals surface area contributed by atoms with Crippen LogP contribution in [0.3, 0.4) is 0 Å². The van der Waals surface area contributed by atoms with Gasteiger partial charge in [0.25, 0.3) is 0 Å². The standard InChI is InChI=1S/C19H25ClN4O2.HI/c1-21-19(24(2)14-15-5-4-6-17(20)11-15)23-13-16-7-8-18(22-12-16)26-10-9-25-3;/h4-8,11-12H,9-10,13-14H2,1-3H3,(H,21,23);1H. The van der Waals surface area contributed by atoms with Gasteiger partial charge in [0, 0.05) is 51.6 Å².